The van der Waals surface area contributed by atoms with Gasteiger partial charge < -0.3 is 10.5 Å². The first-order valence-electron chi connectivity index (χ1n) is 6.16. The van der Waals surface area contributed by atoms with E-state index in [0.29, 0.717) is 12.4 Å². The fourth-order valence-electron chi connectivity index (χ4n) is 2.09. The second-order valence-corrected chi connectivity index (χ2v) is 4.30. The Hall–Kier alpha value is -1.97. The molecule has 2 aromatic rings. The molecule has 2 rings (SSSR count). The van der Waals surface area contributed by atoms with Crippen LogP contribution in [0.2, 0.25) is 0 Å². The molecule has 2 N–H and O–H groups in total. The molecule has 96 valence electrons. The molecule has 1 heterocycles. The van der Waals surface area contributed by atoms with Crippen LogP contribution in [-0.2, 0) is 0 Å². The van der Waals surface area contributed by atoms with E-state index in [-0.39, 0.29) is 6.04 Å². The third-order valence-electron chi connectivity index (χ3n) is 2.92. The van der Waals surface area contributed by atoms with E-state index < -0.39 is 0 Å². The van der Waals surface area contributed by atoms with Crippen molar-refractivity contribution in [3.63, 3.8) is 0 Å². The Kier molecular flexibility index (Phi) is 3.55. The van der Waals surface area contributed by atoms with Crippen molar-refractivity contribution in [3.05, 3.63) is 41.6 Å². The van der Waals surface area contributed by atoms with Crippen molar-refractivity contribution in [2.45, 2.75) is 26.8 Å². The molecule has 4 nitrogen and oxygen atoms in total. The molecule has 1 atom stereocenters. The van der Waals surface area contributed by atoms with Crippen molar-refractivity contribution in [1.82, 2.24) is 9.78 Å². The summed E-state index contributed by atoms with van der Waals surface area (Å²) >= 11 is 0. The van der Waals surface area contributed by atoms with E-state index in [1.54, 1.807) is 0 Å². The molecule has 1 aromatic heterocycles. The van der Waals surface area contributed by atoms with Crippen LogP contribution >= 0.6 is 0 Å². The van der Waals surface area contributed by atoms with E-state index in [0.717, 1.165) is 17.0 Å². The van der Waals surface area contributed by atoms with Crippen molar-refractivity contribution in [2.24, 2.45) is 0 Å². The minimum absolute atomic E-state index is 0.0569. The summed E-state index contributed by atoms with van der Waals surface area (Å²) in [5.74, 6) is 1.56. The zero-order chi connectivity index (χ0) is 13.1. The highest BCUT2D eigenvalue weighted by Gasteiger charge is 2.16. The number of hydrogen-bond donors (Lipinski definition) is 1. The maximum atomic E-state index is 5.96. The molecule has 0 aliphatic heterocycles. The number of nitrogens with zero attached hydrogens (tertiary/aromatic N) is 2. The first-order chi connectivity index (χ1) is 8.63. The van der Waals surface area contributed by atoms with Crippen LogP contribution in [0.4, 0.5) is 5.82 Å². The SMILES string of the molecule is CCOc1ccccc1C(C)n1nc(C)cc1N. The van der Waals surface area contributed by atoms with Crippen LogP contribution in [0, 0.1) is 6.92 Å². The van der Waals surface area contributed by atoms with E-state index in [9.17, 15) is 0 Å². The number of hydrogen-bond acceptors (Lipinski definition) is 3. The van der Waals surface area contributed by atoms with Gasteiger partial charge in [-0.25, -0.2) is 4.68 Å². The fraction of sp³-hybridized carbons (Fsp3) is 0.357. The monoisotopic (exact) mass is 245 g/mol. The number of para-hydroxylation sites is 1. The van der Waals surface area contributed by atoms with Crippen LogP contribution in [0.25, 0.3) is 0 Å². The summed E-state index contributed by atoms with van der Waals surface area (Å²) in [5, 5.41) is 4.42. The lowest BCUT2D eigenvalue weighted by Gasteiger charge is -2.18. The average Bonchev–Trinajstić information content (AvgIpc) is 2.69. The molecule has 0 saturated carbocycles. The summed E-state index contributed by atoms with van der Waals surface area (Å²) in [6.45, 7) is 6.64. The van der Waals surface area contributed by atoms with Gasteiger partial charge in [-0.05, 0) is 26.8 Å². The van der Waals surface area contributed by atoms with Gasteiger partial charge in [-0.3, -0.25) is 0 Å². The molecular formula is C14H19N3O. The zero-order valence-electron chi connectivity index (χ0n) is 11.1. The number of nitrogens with two attached hydrogens (primary N) is 1. The van der Waals surface area contributed by atoms with Gasteiger partial charge in [0, 0.05) is 11.6 Å². The highest BCUT2D eigenvalue weighted by Crippen LogP contribution is 2.29. The van der Waals surface area contributed by atoms with Gasteiger partial charge in [0.1, 0.15) is 11.6 Å². The molecule has 0 bridgehead atoms. The Morgan fingerprint density at radius 2 is 2.11 bits per heavy atom. The number of rotatable bonds is 4. The van der Waals surface area contributed by atoms with E-state index in [1.807, 2.05) is 48.9 Å². The first kappa shape index (κ1) is 12.5. The lowest BCUT2D eigenvalue weighted by Crippen LogP contribution is -2.12. The summed E-state index contributed by atoms with van der Waals surface area (Å²) in [6.07, 6.45) is 0. The zero-order valence-corrected chi connectivity index (χ0v) is 11.1. The van der Waals surface area contributed by atoms with Crippen LogP contribution in [0.5, 0.6) is 5.75 Å². The van der Waals surface area contributed by atoms with Crippen LogP contribution in [0.3, 0.4) is 0 Å². The minimum atomic E-state index is 0.0569. The molecule has 0 saturated heterocycles. The lowest BCUT2D eigenvalue weighted by atomic mass is 10.1. The second kappa shape index (κ2) is 5.12. The number of aryl methyl sites for hydroxylation is 1. The van der Waals surface area contributed by atoms with Crippen molar-refractivity contribution in [2.75, 3.05) is 12.3 Å². The van der Waals surface area contributed by atoms with Crippen molar-refractivity contribution in [1.29, 1.82) is 0 Å². The van der Waals surface area contributed by atoms with Gasteiger partial charge in [0.25, 0.3) is 0 Å². The summed E-state index contributed by atoms with van der Waals surface area (Å²) in [4.78, 5) is 0. The fourth-order valence-corrected chi connectivity index (χ4v) is 2.09. The first-order valence-corrected chi connectivity index (χ1v) is 6.16. The molecule has 18 heavy (non-hydrogen) atoms. The number of ether oxygens (including phenoxy) is 1. The molecule has 0 radical (unpaired) electrons. The third-order valence-corrected chi connectivity index (χ3v) is 2.92. The summed E-state index contributed by atoms with van der Waals surface area (Å²) < 4.78 is 7.47. The third kappa shape index (κ3) is 2.32. The van der Waals surface area contributed by atoms with E-state index in [2.05, 4.69) is 12.0 Å². The van der Waals surface area contributed by atoms with Crippen molar-refractivity contribution < 1.29 is 4.74 Å². The topological polar surface area (TPSA) is 53.1 Å². The van der Waals surface area contributed by atoms with Gasteiger partial charge in [-0.15, -0.1) is 0 Å². The average molecular weight is 245 g/mol. The molecule has 1 unspecified atom stereocenters. The highest BCUT2D eigenvalue weighted by atomic mass is 16.5. The second-order valence-electron chi connectivity index (χ2n) is 4.30. The van der Waals surface area contributed by atoms with Crippen molar-refractivity contribution >= 4 is 5.82 Å². The summed E-state index contributed by atoms with van der Waals surface area (Å²) in [5.41, 5.74) is 7.98. The Bertz CT molecular complexity index is 534. The van der Waals surface area contributed by atoms with E-state index in [1.165, 1.54) is 0 Å². The van der Waals surface area contributed by atoms with Gasteiger partial charge in [-0.1, -0.05) is 18.2 Å². The minimum Gasteiger partial charge on any atom is -0.494 e. The Morgan fingerprint density at radius 1 is 1.39 bits per heavy atom. The maximum Gasteiger partial charge on any atom is 0.124 e. The smallest absolute Gasteiger partial charge is 0.124 e. The number of anilines is 1. The Morgan fingerprint density at radius 3 is 2.72 bits per heavy atom. The molecule has 0 spiro atoms. The van der Waals surface area contributed by atoms with Crippen LogP contribution < -0.4 is 10.5 Å². The van der Waals surface area contributed by atoms with Crippen LogP contribution in [0.1, 0.15) is 31.1 Å². The summed E-state index contributed by atoms with van der Waals surface area (Å²) in [6, 6.07) is 9.93. The standard InChI is InChI=1S/C14H19N3O/c1-4-18-13-8-6-5-7-12(13)11(3)17-14(15)9-10(2)16-17/h5-9,11H,4,15H2,1-3H3. The molecule has 0 aliphatic carbocycles. The number of nitrogen functional groups attached to an aromatic ring is 1. The molecular weight excluding hydrogens is 226 g/mol. The lowest BCUT2D eigenvalue weighted by molar-refractivity contribution is 0.332. The molecule has 1 aromatic carbocycles. The molecule has 0 fully saturated rings. The molecule has 4 heteroatoms. The predicted octanol–water partition coefficient (Wildman–Crippen LogP) is 2.78. The highest BCUT2D eigenvalue weighted by molar-refractivity contribution is 5.39. The largest absolute Gasteiger partial charge is 0.494 e. The Labute approximate surface area is 107 Å². The number of aromatic nitrogens is 2. The van der Waals surface area contributed by atoms with Crippen LogP contribution in [0.15, 0.2) is 30.3 Å². The predicted molar refractivity (Wildman–Crippen MR) is 72.8 cm³/mol. The van der Waals surface area contributed by atoms with Gasteiger partial charge in [-0.2, -0.15) is 5.10 Å². The van der Waals surface area contributed by atoms with Gasteiger partial charge >= 0.3 is 0 Å². The van der Waals surface area contributed by atoms with Gasteiger partial charge in [0.05, 0.1) is 18.3 Å². The molecule has 0 aliphatic rings. The molecule has 0 amide bonds. The van der Waals surface area contributed by atoms with Gasteiger partial charge in [0.15, 0.2) is 0 Å². The van der Waals surface area contributed by atoms with E-state index in [4.69, 9.17) is 10.5 Å². The van der Waals surface area contributed by atoms with Crippen molar-refractivity contribution in [3.8, 4) is 5.75 Å². The normalized spacial score (nSPS) is 12.4. The van der Waals surface area contributed by atoms with Gasteiger partial charge in [0.2, 0.25) is 0 Å². The number of benzene rings is 1. The maximum absolute atomic E-state index is 5.96. The van der Waals surface area contributed by atoms with Crippen LogP contribution in [-0.4, -0.2) is 16.4 Å². The summed E-state index contributed by atoms with van der Waals surface area (Å²) in [7, 11) is 0. The quantitative estimate of drug-likeness (QED) is 0.901. The van der Waals surface area contributed by atoms with E-state index >= 15 is 0 Å². The Balaban J connectivity index is 2.39.